The Morgan fingerprint density at radius 3 is 2.47 bits per heavy atom. The minimum absolute atomic E-state index is 0.0120. The smallest absolute Gasteiger partial charge is 0.257 e. The Morgan fingerprint density at radius 2 is 1.76 bits per heavy atom. The van der Waals surface area contributed by atoms with Crippen molar-refractivity contribution in [1.82, 2.24) is 25.2 Å². The number of carbonyl (C=O) groups is 2. The van der Waals surface area contributed by atoms with E-state index in [0.29, 0.717) is 5.82 Å². The molecule has 0 bridgehead atoms. The standard InChI is InChI=1S/C26H31N5O3/c1-15-8-11-21-22(12-15)30-24(29-21)16(2)27-25(33)19-13-31(18-9-10-18)14-20(23(19)32)26(34)28-17-6-4-3-5-7-17/h8,11-14,16-18H,3-7,9-10H2,1-2H3,(H,27,33)(H,28,34)(H,29,30)/t16-/m0/s1. The molecule has 0 saturated heterocycles. The van der Waals surface area contributed by atoms with E-state index >= 15 is 0 Å². The number of nitrogens with zero attached hydrogens (tertiary/aromatic N) is 2. The van der Waals surface area contributed by atoms with Crippen molar-refractivity contribution in [3.8, 4) is 0 Å². The third-order valence-electron chi connectivity index (χ3n) is 6.86. The van der Waals surface area contributed by atoms with E-state index in [0.717, 1.165) is 55.1 Å². The summed E-state index contributed by atoms with van der Waals surface area (Å²) in [6.07, 6.45) is 10.3. The lowest BCUT2D eigenvalue weighted by molar-refractivity contribution is 0.0925. The van der Waals surface area contributed by atoms with Gasteiger partial charge in [-0.3, -0.25) is 14.4 Å². The molecule has 2 fully saturated rings. The van der Waals surface area contributed by atoms with Crippen molar-refractivity contribution in [3.63, 3.8) is 0 Å². The second kappa shape index (κ2) is 9.08. The maximum absolute atomic E-state index is 13.2. The molecule has 178 valence electrons. The van der Waals surface area contributed by atoms with Crippen molar-refractivity contribution in [3.05, 3.63) is 63.3 Å². The third-order valence-corrected chi connectivity index (χ3v) is 6.86. The first-order valence-electron chi connectivity index (χ1n) is 12.2. The van der Waals surface area contributed by atoms with Crippen LogP contribution >= 0.6 is 0 Å². The average molecular weight is 462 g/mol. The quantitative estimate of drug-likeness (QED) is 0.517. The van der Waals surface area contributed by atoms with Gasteiger partial charge in [-0.25, -0.2) is 4.98 Å². The van der Waals surface area contributed by atoms with E-state index in [1.807, 2.05) is 36.6 Å². The van der Waals surface area contributed by atoms with Crippen LogP contribution in [0.2, 0.25) is 0 Å². The van der Waals surface area contributed by atoms with Gasteiger partial charge in [0.2, 0.25) is 5.43 Å². The zero-order valence-electron chi connectivity index (χ0n) is 19.7. The fourth-order valence-electron chi connectivity index (χ4n) is 4.71. The van der Waals surface area contributed by atoms with Gasteiger partial charge in [-0.2, -0.15) is 0 Å². The van der Waals surface area contributed by atoms with Gasteiger partial charge in [0.25, 0.3) is 11.8 Å². The number of aryl methyl sites for hydroxylation is 1. The number of rotatable bonds is 6. The van der Waals surface area contributed by atoms with Crippen LogP contribution in [0.25, 0.3) is 11.0 Å². The van der Waals surface area contributed by atoms with Gasteiger partial charge in [-0.05, 0) is 57.2 Å². The van der Waals surface area contributed by atoms with Crippen molar-refractivity contribution in [2.45, 2.75) is 76.9 Å². The molecular weight excluding hydrogens is 430 g/mol. The van der Waals surface area contributed by atoms with Gasteiger partial charge in [0.05, 0.1) is 17.1 Å². The topological polar surface area (TPSA) is 109 Å². The molecule has 2 amide bonds. The lowest BCUT2D eigenvalue weighted by Gasteiger charge is -2.23. The number of aromatic nitrogens is 3. The molecule has 0 unspecified atom stereocenters. The Hall–Kier alpha value is -3.42. The molecule has 1 aromatic carbocycles. The minimum atomic E-state index is -0.532. The summed E-state index contributed by atoms with van der Waals surface area (Å²) in [4.78, 5) is 47.2. The maximum atomic E-state index is 13.2. The summed E-state index contributed by atoms with van der Waals surface area (Å²) in [5, 5.41) is 5.90. The van der Waals surface area contributed by atoms with Crippen molar-refractivity contribution < 1.29 is 9.59 Å². The van der Waals surface area contributed by atoms with E-state index in [4.69, 9.17) is 0 Å². The van der Waals surface area contributed by atoms with Crippen molar-refractivity contribution >= 4 is 22.8 Å². The van der Waals surface area contributed by atoms with Gasteiger partial charge in [0, 0.05) is 24.5 Å². The molecule has 0 aliphatic heterocycles. The van der Waals surface area contributed by atoms with Crippen molar-refractivity contribution in [2.24, 2.45) is 0 Å². The zero-order chi connectivity index (χ0) is 23.8. The van der Waals surface area contributed by atoms with Crippen molar-refractivity contribution in [2.75, 3.05) is 0 Å². The minimum Gasteiger partial charge on any atom is -0.349 e. The Bertz CT molecular complexity index is 1300. The second-order valence-corrected chi connectivity index (χ2v) is 9.74. The first-order valence-corrected chi connectivity index (χ1v) is 12.2. The molecule has 1 atom stereocenters. The molecule has 8 nitrogen and oxygen atoms in total. The highest BCUT2D eigenvalue weighted by atomic mass is 16.2. The molecule has 2 aliphatic carbocycles. The summed E-state index contributed by atoms with van der Waals surface area (Å²) in [7, 11) is 0. The molecule has 3 aromatic rings. The molecule has 5 rings (SSSR count). The summed E-state index contributed by atoms with van der Waals surface area (Å²) in [6, 6.07) is 5.80. The molecule has 2 aliphatic rings. The van der Waals surface area contributed by atoms with Gasteiger partial charge < -0.3 is 20.2 Å². The Morgan fingerprint density at radius 1 is 1.06 bits per heavy atom. The van der Waals surface area contributed by atoms with E-state index < -0.39 is 17.4 Å². The van der Waals surface area contributed by atoms with Crippen LogP contribution in [0.3, 0.4) is 0 Å². The van der Waals surface area contributed by atoms with Crippen LogP contribution in [0.5, 0.6) is 0 Å². The van der Waals surface area contributed by atoms with Crippen LogP contribution in [0.1, 0.15) is 96.1 Å². The van der Waals surface area contributed by atoms with Crippen LogP contribution < -0.4 is 16.1 Å². The number of nitrogens with one attached hydrogen (secondary N) is 3. The molecular formula is C26H31N5O3. The molecule has 2 heterocycles. The number of hydrogen-bond acceptors (Lipinski definition) is 4. The number of amides is 2. The molecule has 3 N–H and O–H groups in total. The Labute approximate surface area is 198 Å². The highest BCUT2D eigenvalue weighted by Gasteiger charge is 2.28. The molecule has 0 spiro atoms. The Balaban J connectivity index is 1.39. The fraction of sp³-hybridized carbons (Fsp3) is 0.462. The van der Waals surface area contributed by atoms with Crippen LogP contribution in [0.4, 0.5) is 0 Å². The zero-order valence-corrected chi connectivity index (χ0v) is 19.7. The summed E-state index contributed by atoms with van der Waals surface area (Å²) < 4.78 is 1.85. The number of H-pyrrole nitrogens is 1. The van der Waals surface area contributed by atoms with E-state index in [1.165, 1.54) is 6.42 Å². The van der Waals surface area contributed by atoms with Crippen LogP contribution in [-0.2, 0) is 0 Å². The lowest BCUT2D eigenvalue weighted by Crippen LogP contribution is -2.40. The van der Waals surface area contributed by atoms with E-state index in [-0.39, 0.29) is 29.1 Å². The lowest BCUT2D eigenvalue weighted by atomic mass is 9.95. The van der Waals surface area contributed by atoms with Crippen LogP contribution in [0.15, 0.2) is 35.4 Å². The van der Waals surface area contributed by atoms with E-state index in [1.54, 1.807) is 12.4 Å². The van der Waals surface area contributed by atoms with Gasteiger partial charge >= 0.3 is 0 Å². The Kier molecular flexibility index (Phi) is 5.98. The monoisotopic (exact) mass is 461 g/mol. The number of hydrogen-bond donors (Lipinski definition) is 3. The first-order chi connectivity index (χ1) is 16.4. The van der Waals surface area contributed by atoms with Crippen molar-refractivity contribution in [1.29, 1.82) is 0 Å². The summed E-state index contributed by atoms with van der Waals surface area (Å²) in [5.74, 6) is -0.278. The second-order valence-electron chi connectivity index (χ2n) is 9.74. The SMILES string of the molecule is Cc1ccc2nc([C@H](C)NC(=O)c3cn(C4CC4)cc(C(=O)NC4CCCCC4)c3=O)[nH]c2c1. The van der Waals surface area contributed by atoms with Gasteiger partial charge in [-0.1, -0.05) is 25.3 Å². The highest BCUT2D eigenvalue weighted by Crippen LogP contribution is 2.34. The fourth-order valence-corrected chi connectivity index (χ4v) is 4.71. The predicted octanol–water partition coefficient (Wildman–Crippen LogP) is 3.92. The number of benzene rings is 1. The van der Waals surface area contributed by atoms with E-state index in [2.05, 4.69) is 20.6 Å². The normalized spacial score (nSPS) is 17.5. The molecule has 8 heteroatoms. The number of fused-ring (bicyclic) bond motifs is 1. The number of imidazole rings is 1. The summed E-state index contributed by atoms with van der Waals surface area (Å²) in [5.41, 5.74) is 2.32. The first kappa shape index (κ1) is 22.4. The van der Waals surface area contributed by atoms with Gasteiger partial charge in [0.15, 0.2) is 0 Å². The van der Waals surface area contributed by atoms with Crippen LogP contribution in [-0.4, -0.2) is 32.4 Å². The molecule has 0 radical (unpaired) electrons. The van der Waals surface area contributed by atoms with Gasteiger partial charge in [0.1, 0.15) is 17.0 Å². The summed E-state index contributed by atoms with van der Waals surface area (Å²) >= 11 is 0. The summed E-state index contributed by atoms with van der Waals surface area (Å²) in [6.45, 7) is 3.83. The number of aromatic amines is 1. The largest absolute Gasteiger partial charge is 0.349 e. The predicted molar refractivity (Wildman–Crippen MR) is 130 cm³/mol. The number of pyridine rings is 1. The molecule has 2 aromatic heterocycles. The maximum Gasteiger partial charge on any atom is 0.257 e. The number of carbonyl (C=O) groups excluding carboxylic acids is 2. The van der Waals surface area contributed by atoms with Gasteiger partial charge in [-0.15, -0.1) is 0 Å². The highest BCUT2D eigenvalue weighted by molar-refractivity contribution is 5.99. The van der Waals surface area contributed by atoms with Crippen LogP contribution in [0, 0.1) is 6.92 Å². The third kappa shape index (κ3) is 4.62. The molecule has 34 heavy (non-hydrogen) atoms. The molecule has 2 saturated carbocycles. The average Bonchev–Trinajstić information content (AvgIpc) is 3.58. The van der Waals surface area contributed by atoms with E-state index in [9.17, 15) is 14.4 Å².